The molecule has 23 heavy (non-hydrogen) atoms. The predicted molar refractivity (Wildman–Crippen MR) is 92.7 cm³/mol. The summed E-state index contributed by atoms with van der Waals surface area (Å²) >= 11 is 6.03. The van der Waals surface area contributed by atoms with Crippen LogP contribution in [0.4, 0.5) is 4.79 Å². The van der Waals surface area contributed by atoms with Crippen molar-refractivity contribution in [3.05, 3.63) is 39.9 Å². The van der Waals surface area contributed by atoms with Crippen molar-refractivity contribution in [1.82, 2.24) is 5.32 Å². The zero-order chi connectivity index (χ0) is 17.8. The van der Waals surface area contributed by atoms with Gasteiger partial charge in [-0.3, -0.25) is 10.1 Å². The zero-order valence-corrected chi connectivity index (χ0v) is 16.3. The standard InChI is InChI=1S/C14H18Br2N2O5/c1-13(2,3)23-12(19)17-11(14(15,16)18(20)21)9-7-5-6-8-10(9)22-4/h5-8,11H,1-4H3,(H,17,19). The first-order chi connectivity index (χ1) is 10.5. The molecular formula is C14H18Br2N2O5. The summed E-state index contributed by atoms with van der Waals surface area (Å²) in [5.41, 5.74) is -0.308. The first-order valence-corrected chi connectivity index (χ1v) is 8.22. The van der Waals surface area contributed by atoms with Crippen molar-refractivity contribution >= 4 is 38.0 Å². The summed E-state index contributed by atoms with van der Waals surface area (Å²) in [6.07, 6.45) is -0.779. The molecule has 0 saturated heterocycles. The molecule has 0 spiro atoms. The molecule has 7 nitrogen and oxygen atoms in total. The molecule has 0 bridgehead atoms. The summed E-state index contributed by atoms with van der Waals surface area (Å²) in [6, 6.07) is 5.61. The quantitative estimate of drug-likeness (QED) is 0.315. The molecule has 0 aliphatic carbocycles. The number of nitro groups is 1. The maximum Gasteiger partial charge on any atom is 0.408 e. The Hall–Kier alpha value is -1.35. The fraction of sp³-hybridized carbons (Fsp3) is 0.500. The number of hydrogen-bond donors (Lipinski definition) is 1. The maximum atomic E-state index is 12.1. The Labute approximate surface area is 151 Å². The van der Waals surface area contributed by atoms with Crippen molar-refractivity contribution < 1.29 is 19.2 Å². The van der Waals surface area contributed by atoms with Gasteiger partial charge in [-0.2, -0.15) is 0 Å². The zero-order valence-electron chi connectivity index (χ0n) is 13.1. The molecule has 1 amide bonds. The van der Waals surface area contributed by atoms with Crippen LogP contribution < -0.4 is 10.1 Å². The number of rotatable bonds is 5. The van der Waals surface area contributed by atoms with Crippen molar-refractivity contribution in [1.29, 1.82) is 0 Å². The van der Waals surface area contributed by atoms with Crippen molar-refractivity contribution in [2.24, 2.45) is 0 Å². The highest BCUT2D eigenvalue weighted by molar-refractivity contribution is 9.25. The van der Waals surface area contributed by atoms with E-state index in [0.717, 1.165) is 0 Å². The molecule has 0 heterocycles. The first-order valence-electron chi connectivity index (χ1n) is 6.63. The lowest BCUT2D eigenvalue weighted by Crippen LogP contribution is -2.45. The second-order valence-corrected chi connectivity index (χ2v) is 9.15. The van der Waals surface area contributed by atoms with Crippen LogP contribution in [0.3, 0.4) is 0 Å². The molecule has 128 valence electrons. The lowest BCUT2D eigenvalue weighted by molar-refractivity contribution is -0.509. The van der Waals surface area contributed by atoms with Crippen LogP contribution in [0.2, 0.25) is 0 Å². The van der Waals surface area contributed by atoms with E-state index in [9.17, 15) is 14.9 Å². The van der Waals surface area contributed by atoms with Gasteiger partial charge >= 0.3 is 9.45 Å². The van der Waals surface area contributed by atoms with E-state index in [1.54, 1.807) is 45.0 Å². The van der Waals surface area contributed by atoms with E-state index in [2.05, 4.69) is 37.2 Å². The summed E-state index contributed by atoms with van der Waals surface area (Å²) in [6.45, 7) is 5.11. The van der Waals surface area contributed by atoms with E-state index in [-0.39, 0.29) is 0 Å². The van der Waals surface area contributed by atoms with Crippen molar-refractivity contribution in [2.75, 3.05) is 7.11 Å². The molecule has 0 radical (unpaired) electrons. The molecule has 0 aromatic heterocycles. The van der Waals surface area contributed by atoms with Gasteiger partial charge in [-0.25, -0.2) is 4.79 Å². The Morgan fingerprint density at radius 1 is 1.30 bits per heavy atom. The topological polar surface area (TPSA) is 90.7 Å². The van der Waals surface area contributed by atoms with Crippen LogP contribution in [0.25, 0.3) is 0 Å². The number of alkyl halides is 2. The van der Waals surface area contributed by atoms with Crippen molar-refractivity contribution in [3.8, 4) is 5.75 Å². The van der Waals surface area contributed by atoms with Crippen molar-refractivity contribution in [3.63, 3.8) is 0 Å². The van der Waals surface area contributed by atoms with E-state index in [1.807, 2.05) is 0 Å². The maximum absolute atomic E-state index is 12.1. The molecule has 1 aromatic rings. The fourth-order valence-corrected chi connectivity index (χ4v) is 2.51. The number of nitrogens with one attached hydrogen (secondary N) is 1. The number of nitrogens with zero attached hydrogens (tertiary/aromatic N) is 1. The van der Waals surface area contributed by atoms with E-state index in [4.69, 9.17) is 9.47 Å². The van der Waals surface area contributed by atoms with Gasteiger partial charge in [0.1, 0.15) is 11.4 Å². The smallest absolute Gasteiger partial charge is 0.408 e. The monoisotopic (exact) mass is 452 g/mol. The van der Waals surface area contributed by atoms with Crippen LogP contribution in [-0.4, -0.2) is 27.1 Å². The van der Waals surface area contributed by atoms with Gasteiger partial charge in [-0.15, -0.1) is 0 Å². The van der Waals surface area contributed by atoms with Crippen LogP contribution >= 0.6 is 31.9 Å². The number of amides is 1. The summed E-state index contributed by atoms with van der Waals surface area (Å²) < 4.78 is 8.58. The molecule has 1 N–H and O–H groups in total. The van der Waals surface area contributed by atoms with Gasteiger partial charge < -0.3 is 14.8 Å². The van der Waals surface area contributed by atoms with Crippen LogP contribution in [-0.2, 0) is 4.74 Å². The van der Waals surface area contributed by atoms with Gasteiger partial charge in [0, 0.05) is 37.4 Å². The lowest BCUT2D eigenvalue weighted by Gasteiger charge is -2.28. The Morgan fingerprint density at radius 2 is 1.87 bits per heavy atom. The number of benzene rings is 1. The first kappa shape index (κ1) is 19.7. The molecular weight excluding hydrogens is 436 g/mol. The Morgan fingerprint density at radius 3 is 2.35 bits per heavy atom. The minimum Gasteiger partial charge on any atom is -0.496 e. The normalized spacial score (nSPS) is 13.1. The Balaban J connectivity index is 3.23. The third-order valence-electron chi connectivity index (χ3n) is 2.70. The van der Waals surface area contributed by atoms with Crippen LogP contribution in [0.5, 0.6) is 5.75 Å². The van der Waals surface area contributed by atoms with E-state index < -0.39 is 26.0 Å². The molecule has 1 aromatic carbocycles. The summed E-state index contributed by atoms with van der Waals surface area (Å²) in [5, 5.41) is 13.9. The van der Waals surface area contributed by atoms with E-state index in [0.29, 0.717) is 11.3 Å². The number of carbonyl (C=O) groups excluding carboxylic acids is 1. The number of ether oxygens (including phenoxy) is 2. The van der Waals surface area contributed by atoms with Crippen molar-refractivity contribution in [2.45, 2.75) is 35.8 Å². The number of methoxy groups -OCH3 is 1. The minimum atomic E-state index is -1.83. The highest BCUT2D eigenvalue weighted by Gasteiger charge is 2.49. The SMILES string of the molecule is COc1ccccc1C(NC(=O)OC(C)(C)C)C(Br)(Br)[N+](=O)[O-]. The van der Waals surface area contributed by atoms with Crippen LogP contribution in [0, 0.1) is 10.1 Å². The highest BCUT2D eigenvalue weighted by Crippen LogP contribution is 2.43. The number of carbonyl (C=O) groups is 1. The van der Waals surface area contributed by atoms with E-state index >= 15 is 0 Å². The van der Waals surface area contributed by atoms with Gasteiger partial charge in [0.05, 0.1) is 12.0 Å². The predicted octanol–water partition coefficient (Wildman–Crippen LogP) is 3.98. The molecule has 1 atom stereocenters. The molecule has 9 heteroatoms. The molecule has 0 fully saturated rings. The third kappa shape index (κ3) is 5.35. The van der Waals surface area contributed by atoms with Crippen LogP contribution in [0.15, 0.2) is 24.3 Å². The number of hydrogen-bond acceptors (Lipinski definition) is 5. The second-order valence-electron chi connectivity index (χ2n) is 5.67. The fourth-order valence-electron chi connectivity index (χ4n) is 1.79. The summed E-state index contributed by atoms with van der Waals surface area (Å²) in [7, 11) is 1.44. The van der Waals surface area contributed by atoms with Gasteiger partial charge in [-0.05, 0) is 26.8 Å². The summed E-state index contributed by atoms with van der Waals surface area (Å²) in [5.74, 6) is 0.402. The summed E-state index contributed by atoms with van der Waals surface area (Å²) in [4.78, 5) is 22.9. The number of halogens is 2. The number of alkyl carbamates (subject to hydrolysis) is 1. The molecule has 1 rings (SSSR count). The van der Waals surface area contributed by atoms with Crippen LogP contribution in [0.1, 0.15) is 32.4 Å². The molecule has 0 aliphatic rings. The Bertz CT molecular complexity index is 587. The number of para-hydroxylation sites is 1. The third-order valence-corrected chi connectivity index (χ3v) is 4.20. The Kier molecular flexibility index (Phi) is 6.41. The van der Waals surface area contributed by atoms with Gasteiger partial charge in [0.25, 0.3) is 0 Å². The van der Waals surface area contributed by atoms with E-state index in [1.165, 1.54) is 7.11 Å². The minimum absolute atomic E-state index is 0.402. The average molecular weight is 454 g/mol. The van der Waals surface area contributed by atoms with Gasteiger partial charge in [-0.1, -0.05) is 18.2 Å². The van der Waals surface area contributed by atoms with Gasteiger partial charge in [0.2, 0.25) is 0 Å². The van der Waals surface area contributed by atoms with Gasteiger partial charge in [0.15, 0.2) is 6.04 Å². The average Bonchev–Trinajstić information content (AvgIpc) is 2.42. The lowest BCUT2D eigenvalue weighted by atomic mass is 10.1. The second kappa shape index (κ2) is 7.48. The largest absolute Gasteiger partial charge is 0.496 e. The molecule has 1 unspecified atom stereocenters. The molecule has 0 saturated carbocycles. The highest BCUT2D eigenvalue weighted by atomic mass is 79.9. The molecule has 0 aliphatic heterocycles.